The second-order valence-electron chi connectivity index (χ2n) is 5.50. The molecule has 1 atom stereocenters. The van der Waals surface area contributed by atoms with Crippen molar-refractivity contribution in [1.82, 2.24) is 4.98 Å². The molecule has 2 aromatic carbocycles. The SMILES string of the molecule is CC(Nc1ccnc2cc(Cl)ccc12)c1ccc2c(c1)OCO2. The summed E-state index contributed by atoms with van der Waals surface area (Å²) in [4.78, 5) is 4.37. The molecule has 4 rings (SSSR count). The Bertz CT molecular complexity index is 882. The van der Waals surface area contributed by atoms with Crippen LogP contribution in [-0.4, -0.2) is 11.8 Å². The van der Waals surface area contributed by atoms with Gasteiger partial charge in [0.25, 0.3) is 0 Å². The van der Waals surface area contributed by atoms with Gasteiger partial charge in [-0.25, -0.2) is 0 Å². The molecule has 4 nitrogen and oxygen atoms in total. The number of hydrogen-bond donors (Lipinski definition) is 1. The number of anilines is 1. The molecule has 0 aliphatic carbocycles. The maximum atomic E-state index is 6.04. The summed E-state index contributed by atoms with van der Waals surface area (Å²) in [7, 11) is 0. The maximum Gasteiger partial charge on any atom is 0.231 e. The Kier molecular flexibility index (Phi) is 3.46. The van der Waals surface area contributed by atoms with E-state index in [1.807, 2.05) is 42.5 Å². The van der Waals surface area contributed by atoms with Crippen LogP contribution in [0.25, 0.3) is 10.9 Å². The van der Waals surface area contributed by atoms with Crippen molar-refractivity contribution in [3.63, 3.8) is 0 Å². The van der Waals surface area contributed by atoms with Gasteiger partial charge in [-0.2, -0.15) is 0 Å². The summed E-state index contributed by atoms with van der Waals surface area (Å²) in [5.74, 6) is 1.59. The molecule has 2 heterocycles. The number of halogens is 1. The number of fused-ring (bicyclic) bond motifs is 2. The normalized spacial score (nSPS) is 14.0. The minimum atomic E-state index is 0.116. The molecule has 3 aromatic rings. The Morgan fingerprint density at radius 1 is 1.09 bits per heavy atom. The topological polar surface area (TPSA) is 43.4 Å². The highest BCUT2D eigenvalue weighted by Crippen LogP contribution is 2.35. The highest BCUT2D eigenvalue weighted by atomic mass is 35.5. The van der Waals surface area contributed by atoms with Crippen molar-refractivity contribution in [2.24, 2.45) is 0 Å². The molecule has 0 spiro atoms. The molecule has 116 valence electrons. The first-order valence-corrected chi connectivity index (χ1v) is 7.79. The van der Waals surface area contributed by atoms with Gasteiger partial charge in [0.2, 0.25) is 6.79 Å². The van der Waals surface area contributed by atoms with Crippen molar-refractivity contribution in [2.45, 2.75) is 13.0 Å². The molecule has 0 radical (unpaired) electrons. The fraction of sp³-hybridized carbons (Fsp3) is 0.167. The van der Waals surface area contributed by atoms with Crippen LogP contribution in [0.15, 0.2) is 48.7 Å². The van der Waals surface area contributed by atoms with Gasteiger partial charge in [0.05, 0.1) is 5.52 Å². The number of hydrogen-bond acceptors (Lipinski definition) is 4. The lowest BCUT2D eigenvalue weighted by Gasteiger charge is -2.17. The van der Waals surface area contributed by atoms with E-state index in [9.17, 15) is 0 Å². The summed E-state index contributed by atoms with van der Waals surface area (Å²) >= 11 is 6.04. The second kappa shape index (κ2) is 5.63. The summed E-state index contributed by atoms with van der Waals surface area (Å²) in [6.45, 7) is 2.40. The van der Waals surface area contributed by atoms with Crippen LogP contribution in [-0.2, 0) is 0 Å². The van der Waals surface area contributed by atoms with E-state index in [2.05, 4.69) is 17.2 Å². The zero-order valence-electron chi connectivity index (χ0n) is 12.5. The van der Waals surface area contributed by atoms with Crippen LogP contribution >= 0.6 is 11.6 Å². The van der Waals surface area contributed by atoms with Crippen molar-refractivity contribution in [1.29, 1.82) is 0 Å². The standard InChI is InChI=1S/C18H15ClN2O2/c1-11(12-2-5-17-18(8-12)23-10-22-17)21-15-6-7-20-16-9-13(19)3-4-14(15)16/h2-9,11H,10H2,1H3,(H,20,21). The van der Waals surface area contributed by atoms with Gasteiger partial charge in [-0.3, -0.25) is 4.98 Å². The highest BCUT2D eigenvalue weighted by molar-refractivity contribution is 6.31. The molecule has 1 aliphatic heterocycles. The smallest absolute Gasteiger partial charge is 0.231 e. The Balaban J connectivity index is 1.65. The molecule has 0 saturated heterocycles. The molecule has 23 heavy (non-hydrogen) atoms. The van der Waals surface area contributed by atoms with Gasteiger partial charge >= 0.3 is 0 Å². The Labute approximate surface area is 139 Å². The zero-order valence-corrected chi connectivity index (χ0v) is 13.3. The summed E-state index contributed by atoms with van der Waals surface area (Å²) in [5.41, 5.74) is 3.03. The summed E-state index contributed by atoms with van der Waals surface area (Å²) in [6.07, 6.45) is 1.79. The molecule has 1 unspecified atom stereocenters. The molecule has 0 bridgehead atoms. The van der Waals surface area contributed by atoms with Crippen LogP contribution in [0.4, 0.5) is 5.69 Å². The monoisotopic (exact) mass is 326 g/mol. The van der Waals surface area contributed by atoms with E-state index < -0.39 is 0 Å². The third-order valence-electron chi connectivity index (χ3n) is 3.97. The lowest BCUT2D eigenvalue weighted by molar-refractivity contribution is 0.174. The predicted molar refractivity (Wildman–Crippen MR) is 91.4 cm³/mol. The van der Waals surface area contributed by atoms with Gasteiger partial charge in [0.1, 0.15) is 0 Å². The summed E-state index contributed by atoms with van der Waals surface area (Å²) in [5, 5.41) is 5.26. The minimum absolute atomic E-state index is 0.116. The maximum absolute atomic E-state index is 6.04. The number of benzene rings is 2. The van der Waals surface area contributed by atoms with E-state index in [1.165, 1.54) is 0 Å². The van der Waals surface area contributed by atoms with Gasteiger partial charge in [0, 0.05) is 28.3 Å². The first kappa shape index (κ1) is 14.2. The molecule has 1 aromatic heterocycles. The number of nitrogens with zero attached hydrogens (tertiary/aromatic N) is 1. The van der Waals surface area contributed by atoms with Crippen molar-refractivity contribution >= 4 is 28.2 Å². The van der Waals surface area contributed by atoms with Crippen molar-refractivity contribution in [3.05, 3.63) is 59.2 Å². The fourth-order valence-electron chi connectivity index (χ4n) is 2.75. The number of pyridine rings is 1. The van der Waals surface area contributed by atoms with Gasteiger partial charge in [-0.1, -0.05) is 17.7 Å². The zero-order chi connectivity index (χ0) is 15.8. The number of aromatic nitrogens is 1. The van der Waals surface area contributed by atoms with E-state index in [1.54, 1.807) is 6.20 Å². The Hall–Kier alpha value is -2.46. The third-order valence-corrected chi connectivity index (χ3v) is 4.21. The predicted octanol–water partition coefficient (Wildman–Crippen LogP) is 4.79. The van der Waals surface area contributed by atoms with Crippen LogP contribution in [0.5, 0.6) is 11.5 Å². The molecule has 0 amide bonds. The second-order valence-corrected chi connectivity index (χ2v) is 5.94. The minimum Gasteiger partial charge on any atom is -0.454 e. The lowest BCUT2D eigenvalue weighted by atomic mass is 10.1. The molecular weight excluding hydrogens is 312 g/mol. The molecule has 0 fully saturated rings. The summed E-state index contributed by atoms with van der Waals surface area (Å²) in [6, 6.07) is 13.8. The fourth-order valence-corrected chi connectivity index (χ4v) is 2.91. The Morgan fingerprint density at radius 2 is 1.96 bits per heavy atom. The van der Waals surface area contributed by atoms with Crippen molar-refractivity contribution < 1.29 is 9.47 Å². The van der Waals surface area contributed by atoms with E-state index in [4.69, 9.17) is 21.1 Å². The number of ether oxygens (including phenoxy) is 2. The average molecular weight is 327 g/mol. The quantitative estimate of drug-likeness (QED) is 0.751. The van der Waals surface area contributed by atoms with Gasteiger partial charge in [-0.05, 0) is 48.9 Å². The van der Waals surface area contributed by atoms with E-state index in [0.29, 0.717) is 5.02 Å². The van der Waals surface area contributed by atoms with E-state index >= 15 is 0 Å². The van der Waals surface area contributed by atoms with Crippen LogP contribution < -0.4 is 14.8 Å². The first-order valence-electron chi connectivity index (χ1n) is 7.41. The van der Waals surface area contributed by atoms with E-state index in [0.717, 1.165) is 33.7 Å². The number of rotatable bonds is 3. The van der Waals surface area contributed by atoms with E-state index in [-0.39, 0.29) is 12.8 Å². The molecule has 5 heteroatoms. The molecular formula is C18H15ClN2O2. The third kappa shape index (κ3) is 2.66. The molecule has 1 aliphatic rings. The highest BCUT2D eigenvalue weighted by Gasteiger charge is 2.16. The lowest BCUT2D eigenvalue weighted by Crippen LogP contribution is -2.07. The first-order chi connectivity index (χ1) is 11.2. The van der Waals surface area contributed by atoms with Crippen LogP contribution in [0.3, 0.4) is 0 Å². The Morgan fingerprint density at radius 3 is 2.87 bits per heavy atom. The largest absolute Gasteiger partial charge is 0.454 e. The van der Waals surface area contributed by atoms with Crippen LogP contribution in [0.1, 0.15) is 18.5 Å². The van der Waals surface area contributed by atoms with Gasteiger partial charge in [0.15, 0.2) is 11.5 Å². The average Bonchev–Trinajstić information content (AvgIpc) is 3.02. The molecule has 0 saturated carbocycles. The van der Waals surface area contributed by atoms with Gasteiger partial charge < -0.3 is 14.8 Å². The van der Waals surface area contributed by atoms with Crippen LogP contribution in [0, 0.1) is 0 Å². The van der Waals surface area contributed by atoms with Gasteiger partial charge in [-0.15, -0.1) is 0 Å². The van der Waals surface area contributed by atoms with Crippen LogP contribution in [0.2, 0.25) is 5.02 Å². The van der Waals surface area contributed by atoms with Crippen molar-refractivity contribution in [3.8, 4) is 11.5 Å². The number of nitrogens with one attached hydrogen (secondary N) is 1. The summed E-state index contributed by atoms with van der Waals surface area (Å²) < 4.78 is 10.8. The molecule has 1 N–H and O–H groups in total. The van der Waals surface area contributed by atoms with Crippen molar-refractivity contribution in [2.75, 3.05) is 12.1 Å².